The van der Waals surface area contributed by atoms with Crippen LogP contribution in [0.4, 0.5) is 11.5 Å². The van der Waals surface area contributed by atoms with Gasteiger partial charge in [0.2, 0.25) is 5.69 Å². The van der Waals surface area contributed by atoms with Crippen molar-refractivity contribution in [2.75, 3.05) is 18.9 Å². The molecule has 22 heavy (non-hydrogen) atoms. The van der Waals surface area contributed by atoms with Crippen molar-refractivity contribution in [1.82, 2.24) is 4.98 Å². The largest absolute Gasteiger partial charge is 0.462 e. The highest BCUT2D eigenvalue weighted by atomic mass is 35.5. The number of halogens is 1. The Kier molecular flexibility index (Phi) is 4.97. The Labute approximate surface area is 134 Å². The number of aliphatic hydroxyl groups is 1. The summed E-state index contributed by atoms with van der Waals surface area (Å²) in [6, 6.07) is 13.1. The molecule has 0 radical (unpaired) electrons. The lowest BCUT2D eigenvalue weighted by molar-refractivity contribution is -0.415. The zero-order valence-electron chi connectivity index (χ0n) is 12.3. The first-order chi connectivity index (χ1) is 10.5. The third-order valence-corrected chi connectivity index (χ3v) is 3.60. The summed E-state index contributed by atoms with van der Waals surface area (Å²) in [4.78, 5) is 4.24. The van der Waals surface area contributed by atoms with E-state index in [-0.39, 0.29) is 12.4 Å². The van der Waals surface area contributed by atoms with E-state index < -0.39 is 0 Å². The fourth-order valence-electron chi connectivity index (χ4n) is 1.88. The molecule has 1 aromatic heterocycles. The molecule has 1 heterocycles. The normalized spacial score (nSPS) is 11.5. The fourth-order valence-corrected chi connectivity index (χ4v) is 2.03. The number of anilines is 1. The fraction of sp³-hybridized carbons (Fsp3) is 0.188. The van der Waals surface area contributed by atoms with Crippen LogP contribution in [0.15, 0.2) is 36.4 Å². The van der Waals surface area contributed by atoms with Crippen LogP contribution in [0.25, 0.3) is 0 Å². The summed E-state index contributed by atoms with van der Waals surface area (Å²) >= 11 is 5.95. The topological polar surface area (TPSA) is 72.0 Å². The minimum atomic E-state index is 0.115. The molecule has 0 aliphatic rings. The van der Waals surface area contributed by atoms with Gasteiger partial charge in [0.15, 0.2) is 0 Å². The Morgan fingerprint density at radius 3 is 2.73 bits per heavy atom. The summed E-state index contributed by atoms with van der Waals surface area (Å²) in [5, 5.41) is 22.7. The van der Waals surface area contributed by atoms with Crippen molar-refractivity contribution in [2.24, 2.45) is 0 Å². The number of hydrogen-bond donors (Lipinski definition) is 2. The molecule has 1 aromatic carbocycles. The molecule has 112 valence electrons. The van der Waals surface area contributed by atoms with E-state index >= 15 is 0 Å². The van der Waals surface area contributed by atoms with Gasteiger partial charge >= 0.3 is 5.90 Å². The van der Waals surface area contributed by atoms with Crippen molar-refractivity contribution in [3.8, 4) is 6.07 Å². The molecule has 2 aromatic rings. The van der Waals surface area contributed by atoms with E-state index in [9.17, 15) is 5.11 Å². The molecule has 0 saturated heterocycles. The second-order valence-electron chi connectivity index (χ2n) is 4.73. The second kappa shape index (κ2) is 6.92. The van der Waals surface area contributed by atoms with Crippen molar-refractivity contribution < 1.29 is 9.68 Å². The van der Waals surface area contributed by atoms with Crippen LogP contribution in [-0.4, -0.2) is 34.2 Å². The summed E-state index contributed by atoms with van der Waals surface area (Å²) in [6.07, 6.45) is 0. The standard InChI is InChI=1S/C16H15ClN4O/c1-11-14(17)8-12(9-18)16(20-11)19-10-15(22)21(2)13-6-4-3-5-7-13/h3-8H,10H2,1-2H3,(H,19,20)/p+1. The lowest BCUT2D eigenvalue weighted by Crippen LogP contribution is -2.22. The van der Waals surface area contributed by atoms with Gasteiger partial charge in [-0.2, -0.15) is 9.84 Å². The summed E-state index contributed by atoms with van der Waals surface area (Å²) in [5.74, 6) is 0.516. The maximum atomic E-state index is 10.2. The van der Waals surface area contributed by atoms with Crippen LogP contribution in [0, 0.1) is 18.3 Å². The highest BCUT2D eigenvalue weighted by molar-refractivity contribution is 6.31. The highest BCUT2D eigenvalue weighted by Gasteiger charge is 2.14. The molecule has 2 N–H and O–H groups in total. The van der Waals surface area contributed by atoms with Gasteiger partial charge < -0.3 is 10.4 Å². The van der Waals surface area contributed by atoms with Crippen molar-refractivity contribution >= 4 is 29.0 Å². The summed E-state index contributed by atoms with van der Waals surface area (Å²) < 4.78 is 1.65. The van der Waals surface area contributed by atoms with E-state index in [1.807, 2.05) is 36.4 Å². The minimum Gasteiger partial charge on any atom is -0.462 e. The van der Waals surface area contributed by atoms with Gasteiger partial charge in [0, 0.05) is 12.1 Å². The van der Waals surface area contributed by atoms with Crippen LogP contribution < -0.4 is 5.32 Å². The maximum Gasteiger partial charge on any atom is 0.359 e. The number of benzene rings is 1. The number of aliphatic hydroxyl groups excluding tert-OH is 1. The zero-order chi connectivity index (χ0) is 16.1. The van der Waals surface area contributed by atoms with E-state index in [0.29, 0.717) is 22.1 Å². The van der Waals surface area contributed by atoms with Gasteiger partial charge in [0.1, 0.15) is 25.5 Å². The van der Waals surface area contributed by atoms with E-state index in [1.54, 1.807) is 24.6 Å². The highest BCUT2D eigenvalue weighted by Crippen LogP contribution is 2.20. The van der Waals surface area contributed by atoms with Crippen LogP contribution in [0.1, 0.15) is 11.3 Å². The van der Waals surface area contributed by atoms with Gasteiger partial charge in [-0.05, 0) is 13.0 Å². The Balaban J connectivity index is 2.20. The first-order valence-corrected chi connectivity index (χ1v) is 7.05. The van der Waals surface area contributed by atoms with E-state index in [2.05, 4.69) is 10.3 Å². The van der Waals surface area contributed by atoms with Crippen molar-refractivity contribution in [3.05, 3.63) is 52.7 Å². The molecule has 0 saturated carbocycles. The predicted molar refractivity (Wildman–Crippen MR) is 87.1 cm³/mol. The number of nitriles is 1. The molecule has 0 atom stereocenters. The Morgan fingerprint density at radius 1 is 1.41 bits per heavy atom. The van der Waals surface area contributed by atoms with Crippen LogP contribution in [0.3, 0.4) is 0 Å². The lowest BCUT2D eigenvalue weighted by Gasteiger charge is -2.08. The summed E-state index contributed by atoms with van der Waals surface area (Å²) in [6.45, 7) is 1.91. The van der Waals surface area contributed by atoms with Gasteiger partial charge in [-0.25, -0.2) is 4.98 Å². The van der Waals surface area contributed by atoms with Gasteiger partial charge in [-0.15, -0.1) is 0 Å². The van der Waals surface area contributed by atoms with Crippen molar-refractivity contribution in [2.45, 2.75) is 6.92 Å². The lowest BCUT2D eigenvalue weighted by atomic mass is 10.2. The number of aromatic nitrogens is 1. The van der Waals surface area contributed by atoms with E-state index in [1.165, 1.54) is 0 Å². The van der Waals surface area contributed by atoms with Crippen LogP contribution >= 0.6 is 11.6 Å². The third kappa shape index (κ3) is 3.54. The monoisotopic (exact) mass is 315 g/mol. The first-order valence-electron chi connectivity index (χ1n) is 6.67. The van der Waals surface area contributed by atoms with Crippen LogP contribution in [0.5, 0.6) is 0 Å². The smallest absolute Gasteiger partial charge is 0.359 e. The van der Waals surface area contributed by atoms with Crippen molar-refractivity contribution in [3.63, 3.8) is 0 Å². The average Bonchev–Trinajstić information content (AvgIpc) is 2.55. The molecule has 0 spiro atoms. The minimum absolute atomic E-state index is 0.115. The number of hydrogen-bond acceptors (Lipinski definition) is 3. The average molecular weight is 316 g/mol. The zero-order valence-corrected chi connectivity index (χ0v) is 13.1. The van der Waals surface area contributed by atoms with Crippen LogP contribution in [-0.2, 0) is 0 Å². The summed E-state index contributed by atoms with van der Waals surface area (Å²) in [5.41, 5.74) is 1.83. The molecule has 0 unspecified atom stereocenters. The molecule has 2 rings (SSSR count). The first kappa shape index (κ1) is 15.8. The molecular weight excluding hydrogens is 300 g/mol. The Bertz CT molecular complexity index is 751. The maximum absolute atomic E-state index is 10.2. The number of para-hydroxylation sites is 1. The van der Waals surface area contributed by atoms with Gasteiger partial charge in [0.05, 0.1) is 16.3 Å². The summed E-state index contributed by atoms with van der Waals surface area (Å²) in [7, 11) is 1.76. The third-order valence-electron chi connectivity index (χ3n) is 3.22. The number of nitrogens with zero attached hydrogens (tertiary/aromatic N) is 3. The Hall–Kier alpha value is -2.58. The molecule has 0 amide bonds. The van der Waals surface area contributed by atoms with Gasteiger partial charge in [-0.3, -0.25) is 0 Å². The van der Waals surface area contributed by atoms with Crippen LogP contribution in [0.2, 0.25) is 5.02 Å². The van der Waals surface area contributed by atoms with Gasteiger partial charge in [-0.1, -0.05) is 29.8 Å². The predicted octanol–water partition coefficient (Wildman–Crippen LogP) is 3.26. The molecular formula is C16H16ClN4O+. The van der Waals surface area contributed by atoms with E-state index in [0.717, 1.165) is 5.69 Å². The van der Waals surface area contributed by atoms with Crippen molar-refractivity contribution in [1.29, 1.82) is 5.26 Å². The molecule has 0 aliphatic heterocycles. The number of nitrogens with one attached hydrogen (secondary N) is 1. The SMILES string of the molecule is Cc1nc(NCC(O)=[N+](C)c2ccccc2)c(C#N)cc1Cl. The molecule has 0 aliphatic carbocycles. The molecule has 0 bridgehead atoms. The molecule has 6 heteroatoms. The van der Waals surface area contributed by atoms with Gasteiger partial charge in [0.25, 0.3) is 0 Å². The number of aryl methyl sites for hydroxylation is 1. The quantitative estimate of drug-likeness (QED) is 0.516. The van der Waals surface area contributed by atoms with E-state index in [4.69, 9.17) is 16.9 Å². The second-order valence-corrected chi connectivity index (χ2v) is 5.14. The Morgan fingerprint density at radius 2 is 2.09 bits per heavy atom. The number of rotatable bonds is 4. The molecule has 0 fully saturated rings. The number of pyridine rings is 1. The molecule has 5 nitrogen and oxygen atoms in total.